The van der Waals surface area contributed by atoms with Gasteiger partial charge in [-0.2, -0.15) is 0 Å². The number of aromatic nitrogens is 4. The highest BCUT2D eigenvalue weighted by atomic mass is 16.5. The number of ether oxygens (including phenoxy) is 2. The van der Waals surface area contributed by atoms with Crippen molar-refractivity contribution in [3.8, 4) is 22.9 Å². The minimum atomic E-state index is -0.385. The molecular weight excluding hydrogens is 546 g/mol. The molecule has 3 aromatic carbocycles. The van der Waals surface area contributed by atoms with Gasteiger partial charge in [-0.05, 0) is 61.6 Å². The van der Waals surface area contributed by atoms with Crippen LogP contribution in [0.1, 0.15) is 0 Å². The zero-order chi connectivity index (χ0) is 30.3. The fourth-order valence-corrected chi connectivity index (χ4v) is 4.56. The van der Waals surface area contributed by atoms with E-state index in [2.05, 4.69) is 9.97 Å². The van der Waals surface area contributed by atoms with Crippen LogP contribution in [-0.4, -0.2) is 70.8 Å². The van der Waals surface area contributed by atoms with Crippen LogP contribution in [0.15, 0.2) is 102 Å². The Balaban J connectivity index is 1.46. The number of amides is 1. The molecule has 0 aliphatic carbocycles. The lowest BCUT2D eigenvalue weighted by atomic mass is 10.2. The van der Waals surface area contributed by atoms with Crippen LogP contribution in [0.25, 0.3) is 22.5 Å². The molecular formula is C32H33N7O4. The Morgan fingerprint density at radius 3 is 2.42 bits per heavy atom. The molecule has 0 aliphatic rings. The molecule has 0 fully saturated rings. The van der Waals surface area contributed by atoms with Crippen LogP contribution >= 0.6 is 0 Å². The van der Waals surface area contributed by atoms with Crippen molar-refractivity contribution >= 4 is 28.6 Å². The van der Waals surface area contributed by atoms with Crippen molar-refractivity contribution in [2.24, 2.45) is 0 Å². The number of hydrogen-bond acceptors (Lipinski definition) is 8. The number of carbonyl (C=O) groups is 1. The number of nitrogen functional groups attached to an aromatic ring is 1. The minimum Gasteiger partial charge on any atom is -0.457 e. The van der Waals surface area contributed by atoms with Gasteiger partial charge in [0.2, 0.25) is 5.91 Å². The summed E-state index contributed by atoms with van der Waals surface area (Å²) >= 11 is 0. The molecule has 1 amide bonds. The quantitative estimate of drug-likeness (QED) is 0.233. The number of anilines is 2. The highest BCUT2D eigenvalue weighted by Gasteiger charge is 2.21. The Morgan fingerprint density at radius 2 is 1.67 bits per heavy atom. The molecule has 0 radical (unpaired) electrons. The van der Waals surface area contributed by atoms with E-state index in [1.807, 2.05) is 48.4 Å². The molecule has 0 atom stereocenters. The van der Waals surface area contributed by atoms with Crippen LogP contribution in [-0.2, 0) is 9.53 Å². The van der Waals surface area contributed by atoms with Crippen molar-refractivity contribution in [3.63, 3.8) is 0 Å². The van der Waals surface area contributed by atoms with E-state index in [9.17, 15) is 9.59 Å². The summed E-state index contributed by atoms with van der Waals surface area (Å²) in [5, 5.41) is 0. The summed E-state index contributed by atoms with van der Waals surface area (Å²) in [6, 6.07) is 23.7. The standard InChI is InChI=1S/C32H33N7O4/c1-36(19-20-42-3)18-8-13-28(40)37(2)24-9-7-10-25(21-24)39-31-29(30(33)34-22-35-31)38(32(39)41)23-14-16-27(17-15-23)43-26-11-5-4-6-12-26/h4-17,21-22H,18-20H2,1-3H3,(H2,33,34,35)/b13-8+. The average molecular weight is 580 g/mol. The Hall–Kier alpha value is -5.26. The summed E-state index contributed by atoms with van der Waals surface area (Å²) in [6.07, 6.45) is 4.67. The van der Waals surface area contributed by atoms with Gasteiger partial charge in [0.25, 0.3) is 0 Å². The van der Waals surface area contributed by atoms with Gasteiger partial charge in [0, 0.05) is 39.0 Å². The lowest BCUT2D eigenvalue weighted by Gasteiger charge is -2.17. The molecule has 2 N–H and O–H groups in total. The van der Waals surface area contributed by atoms with Crippen molar-refractivity contribution in [2.45, 2.75) is 0 Å². The van der Waals surface area contributed by atoms with E-state index in [1.165, 1.54) is 26.4 Å². The molecule has 0 saturated heterocycles. The molecule has 5 rings (SSSR count). The average Bonchev–Trinajstić information content (AvgIpc) is 3.33. The first-order chi connectivity index (χ1) is 20.9. The Morgan fingerprint density at radius 1 is 0.930 bits per heavy atom. The maximum atomic E-state index is 14.0. The van der Waals surface area contributed by atoms with Crippen LogP contribution in [0, 0.1) is 0 Å². The summed E-state index contributed by atoms with van der Waals surface area (Å²) in [7, 11) is 5.30. The van der Waals surface area contributed by atoms with Gasteiger partial charge in [0.1, 0.15) is 23.3 Å². The first-order valence-electron chi connectivity index (χ1n) is 13.7. The number of nitrogens with zero attached hydrogens (tertiary/aromatic N) is 6. The lowest BCUT2D eigenvalue weighted by molar-refractivity contribution is -0.113. The maximum Gasteiger partial charge on any atom is 0.339 e. The number of benzene rings is 3. The smallest absolute Gasteiger partial charge is 0.339 e. The molecule has 0 spiro atoms. The first-order valence-corrected chi connectivity index (χ1v) is 13.7. The number of carbonyl (C=O) groups excluding carboxylic acids is 1. The molecule has 0 unspecified atom stereocenters. The van der Waals surface area contributed by atoms with Crippen LogP contribution < -0.4 is 21.1 Å². The highest BCUT2D eigenvalue weighted by molar-refractivity contribution is 6.01. The lowest BCUT2D eigenvalue weighted by Crippen LogP contribution is -2.26. The van der Waals surface area contributed by atoms with Crippen molar-refractivity contribution in [1.82, 2.24) is 24.0 Å². The summed E-state index contributed by atoms with van der Waals surface area (Å²) in [4.78, 5) is 39.0. The summed E-state index contributed by atoms with van der Waals surface area (Å²) in [5.41, 5.74) is 8.31. The molecule has 5 aromatic rings. The molecule has 11 nitrogen and oxygen atoms in total. The Labute approximate surface area is 249 Å². The Kier molecular flexibility index (Phi) is 8.94. The van der Waals surface area contributed by atoms with E-state index in [-0.39, 0.29) is 17.4 Å². The van der Waals surface area contributed by atoms with Gasteiger partial charge in [-0.25, -0.2) is 19.3 Å². The van der Waals surface area contributed by atoms with E-state index in [0.717, 1.165) is 6.54 Å². The molecule has 11 heteroatoms. The van der Waals surface area contributed by atoms with Gasteiger partial charge in [-0.1, -0.05) is 30.3 Å². The number of hydrogen-bond donors (Lipinski definition) is 1. The summed E-state index contributed by atoms with van der Waals surface area (Å²) in [5.74, 6) is 1.29. The minimum absolute atomic E-state index is 0.162. The maximum absolute atomic E-state index is 14.0. The second-order valence-electron chi connectivity index (χ2n) is 9.87. The fourth-order valence-electron chi connectivity index (χ4n) is 4.56. The third-order valence-electron chi connectivity index (χ3n) is 6.88. The summed E-state index contributed by atoms with van der Waals surface area (Å²) in [6.45, 7) is 1.98. The van der Waals surface area contributed by atoms with Crippen LogP contribution in [0.5, 0.6) is 11.5 Å². The predicted molar refractivity (Wildman–Crippen MR) is 167 cm³/mol. The van der Waals surface area contributed by atoms with Gasteiger partial charge in [-0.15, -0.1) is 0 Å². The molecule has 0 bridgehead atoms. The van der Waals surface area contributed by atoms with E-state index in [0.29, 0.717) is 52.9 Å². The Bertz CT molecular complexity index is 1800. The van der Waals surface area contributed by atoms with Gasteiger partial charge in [-0.3, -0.25) is 9.36 Å². The number of fused-ring (bicyclic) bond motifs is 1. The van der Waals surface area contributed by atoms with E-state index in [1.54, 1.807) is 62.7 Å². The van der Waals surface area contributed by atoms with E-state index >= 15 is 0 Å². The number of para-hydroxylation sites is 1. The zero-order valence-electron chi connectivity index (χ0n) is 24.3. The van der Waals surface area contributed by atoms with E-state index in [4.69, 9.17) is 15.2 Å². The zero-order valence-corrected chi connectivity index (χ0v) is 24.3. The van der Waals surface area contributed by atoms with Crippen molar-refractivity contribution in [3.05, 3.63) is 108 Å². The van der Waals surface area contributed by atoms with Crippen LogP contribution in [0.3, 0.4) is 0 Å². The van der Waals surface area contributed by atoms with Crippen LogP contribution in [0.4, 0.5) is 11.5 Å². The topological polar surface area (TPSA) is 121 Å². The molecule has 0 aliphatic heterocycles. The molecule has 220 valence electrons. The second kappa shape index (κ2) is 13.1. The van der Waals surface area contributed by atoms with Gasteiger partial charge in [0.05, 0.1) is 18.0 Å². The van der Waals surface area contributed by atoms with Crippen molar-refractivity contribution in [2.75, 3.05) is 51.5 Å². The number of methoxy groups -OCH3 is 1. The molecule has 2 heterocycles. The first kappa shape index (κ1) is 29.2. The monoisotopic (exact) mass is 579 g/mol. The summed E-state index contributed by atoms with van der Waals surface area (Å²) < 4.78 is 13.9. The third kappa shape index (κ3) is 6.48. The molecule has 0 saturated carbocycles. The van der Waals surface area contributed by atoms with Gasteiger partial charge >= 0.3 is 5.69 Å². The number of rotatable bonds is 11. The van der Waals surface area contributed by atoms with E-state index < -0.39 is 0 Å². The van der Waals surface area contributed by atoms with Crippen LogP contribution in [0.2, 0.25) is 0 Å². The largest absolute Gasteiger partial charge is 0.457 e. The van der Waals surface area contributed by atoms with Gasteiger partial charge < -0.3 is 25.0 Å². The number of likely N-dealkylation sites (N-methyl/N-ethyl adjacent to an activating group) is 2. The number of nitrogens with two attached hydrogens (primary N) is 1. The van der Waals surface area contributed by atoms with Crippen molar-refractivity contribution in [1.29, 1.82) is 0 Å². The molecule has 2 aromatic heterocycles. The predicted octanol–water partition coefficient (Wildman–Crippen LogP) is 4.04. The third-order valence-corrected chi connectivity index (χ3v) is 6.88. The fraction of sp³-hybridized carbons (Fsp3) is 0.188. The SMILES string of the molecule is COCCN(C)C/C=C/C(=O)N(C)c1cccc(-n2c(=O)n(-c3ccc(Oc4ccccc4)cc3)c3c(N)ncnc32)c1. The number of imidazole rings is 1. The molecule has 43 heavy (non-hydrogen) atoms. The highest BCUT2D eigenvalue weighted by Crippen LogP contribution is 2.27. The normalized spacial score (nSPS) is 11.4. The van der Waals surface area contributed by atoms with Gasteiger partial charge in [0.15, 0.2) is 11.5 Å². The second-order valence-corrected chi connectivity index (χ2v) is 9.87. The van der Waals surface area contributed by atoms with Crippen molar-refractivity contribution < 1.29 is 14.3 Å².